The summed E-state index contributed by atoms with van der Waals surface area (Å²) in [4.78, 5) is 4.64. The summed E-state index contributed by atoms with van der Waals surface area (Å²) in [6, 6.07) is 5.78. The summed E-state index contributed by atoms with van der Waals surface area (Å²) in [7, 11) is 0. The number of benzene rings is 1. The summed E-state index contributed by atoms with van der Waals surface area (Å²) in [5, 5.41) is 0.708. The van der Waals surface area contributed by atoms with E-state index in [1.165, 1.54) is 0 Å². The lowest BCUT2D eigenvalue weighted by molar-refractivity contribution is 0.426. The van der Waals surface area contributed by atoms with Crippen molar-refractivity contribution in [2.45, 2.75) is 39.3 Å². The van der Waals surface area contributed by atoms with Crippen LogP contribution in [0.3, 0.4) is 0 Å². The second-order valence-corrected chi connectivity index (χ2v) is 5.02. The van der Waals surface area contributed by atoms with Crippen molar-refractivity contribution in [2.24, 2.45) is 5.73 Å². The van der Waals surface area contributed by atoms with Crippen LogP contribution in [0.5, 0.6) is 0 Å². The molecular formula is C13H18ClN3. The first-order chi connectivity index (χ1) is 7.99. The number of imidazole rings is 1. The van der Waals surface area contributed by atoms with Crippen molar-refractivity contribution in [1.82, 2.24) is 9.55 Å². The maximum absolute atomic E-state index is 6.30. The van der Waals surface area contributed by atoms with Gasteiger partial charge in [0, 0.05) is 11.6 Å². The fourth-order valence-corrected chi connectivity index (χ4v) is 2.18. The van der Waals surface area contributed by atoms with E-state index in [-0.39, 0.29) is 0 Å². The highest BCUT2D eigenvalue weighted by Crippen LogP contribution is 2.27. The third-order valence-corrected chi connectivity index (χ3v) is 3.51. The van der Waals surface area contributed by atoms with Gasteiger partial charge >= 0.3 is 0 Å². The van der Waals surface area contributed by atoms with Gasteiger partial charge in [-0.3, -0.25) is 0 Å². The molecule has 1 heterocycles. The van der Waals surface area contributed by atoms with E-state index < -0.39 is 5.54 Å². The van der Waals surface area contributed by atoms with E-state index in [9.17, 15) is 0 Å². The van der Waals surface area contributed by atoms with Gasteiger partial charge in [-0.2, -0.15) is 0 Å². The molecule has 17 heavy (non-hydrogen) atoms. The number of rotatable bonds is 3. The predicted octanol–water partition coefficient (Wildman–Crippen LogP) is 3.29. The Labute approximate surface area is 107 Å². The SMILES string of the molecule is CCn1c(C(C)(N)CC)nc2cc(Cl)ccc21. The monoisotopic (exact) mass is 251 g/mol. The van der Waals surface area contributed by atoms with Crippen LogP contribution in [0.1, 0.15) is 33.0 Å². The number of nitrogens with two attached hydrogens (primary N) is 1. The van der Waals surface area contributed by atoms with Gasteiger partial charge < -0.3 is 10.3 Å². The third-order valence-electron chi connectivity index (χ3n) is 3.27. The van der Waals surface area contributed by atoms with Crippen LogP contribution in [0.2, 0.25) is 5.02 Å². The van der Waals surface area contributed by atoms with Crippen LogP contribution in [0.15, 0.2) is 18.2 Å². The summed E-state index contributed by atoms with van der Waals surface area (Å²) in [6.45, 7) is 7.06. The van der Waals surface area contributed by atoms with E-state index in [0.717, 1.165) is 29.8 Å². The molecule has 0 aliphatic rings. The van der Waals surface area contributed by atoms with Gasteiger partial charge in [0.15, 0.2) is 0 Å². The maximum atomic E-state index is 6.30. The molecule has 2 N–H and O–H groups in total. The van der Waals surface area contributed by atoms with E-state index >= 15 is 0 Å². The minimum absolute atomic E-state index is 0.401. The van der Waals surface area contributed by atoms with Crippen molar-refractivity contribution < 1.29 is 0 Å². The van der Waals surface area contributed by atoms with Crippen LogP contribution in [-0.2, 0) is 12.1 Å². The van der Waals surface area contributed by atoms with Crippen molar-refractivity contribution in [1.29, 1.82) is 0 Å². The Bertz CT molecular complexity index is 543. The number of nitrogens with zero attached hydrogens (tertiary/aromatic N) is 2. The Balaban J connectivity index is 2.72. The highest BCUT2D eigenvalue weighted by Gasteiger charge is 2.25. The molecular weight excluding hydrogens is 234 g/mol. The molecule has 1 aromatic heterocycles. The maximum Gasteiger partial charge on any atom is 0.129 e. The molecule has 0 saturated carbocycles. The quantitative estimate of drug-likeness (QED) is 0.910. The normalized spacial score (nSPS) is 15.1. The average Bonchev–Trinajstić information content (AvgIpc) is 2.67. The van der Waals surface area contributed by atoms with Crippen molar-refractivity contribution in [3.8, 4) is 0 Å². The molecule has 0 fully saturated rings. The van der Waals surface area contributed by atoms with Gasteiger partial charge in [0.2, 0.25) is 0 Å². The molecule has 3 nitrogen and oxygen atoms in total. The van der Waals surface area contributed by atoms with Crippen LogP contribution in [0.4, 0.5) is 0 Å². The van der Waals surface area contributed by atoms with Crippen molar-refractivity contribution in [3.05, 3.63) is 29.0 Å². The molecule has 0 radical (unpaired) electrons. The first kappa shape index (κ1) is 12.4. The Morgan fingerprint density at radius 1 is 1.41 bits per heavy atom. The topological polar surface area (TPSA) is 43.8 Å². The first-order valence-electron chi connectivity index (χ1n) is 5.94. The summed E-state index contributed by atoms with van der Waals surface area (Å²) >= 11 is 5.99. The average molecular weight is 252 g/mol. The van der Waals surface area contributed by atoms with Crippen molar-refractivity contribution >= 4 is 22.6 Å². The van der Waals surface area contributed by atoms with E-state index in [1.807, 2.05) is 25.1 Å². The van der Waals surface area contributed by atoms with Gasteiger partial charge in [-0.25, -0.2) is 4.98 Å². The van der Waals surface area contributed by atoms with Gasteiger partial charge in [-0.05, 0) is 38.5 Å². The Morgan fingerprint density at radius 2 is 2.12 bits per heavy atom. The Morgan fingerprint density at radius 3 is 2.71 bits per heavy atom. The smallest absolute Gasteiger partial charge is 0.129 e. The number of aromatic nitrogens is 2. The minimum atomic E-state index is -0.401. The lowest BCUT2D eigenvalue weighted by atomic mass is 9.99. The van der Waals surface area contributed by atoms with Crippen molar-refractivity contribution in [2.75, 3.05) is 0 Å². The van der Waals surface area contributed by atoms with E-state index in [2.05, 4.69) is 23.4 Å². The van der Waals surface area contributed by atoms with Crippen LogP contribution < -0.4 is 5.73 Å². The lowest BCUT2D eigenvalue weighted by Crippen LogP contribution is -2.35. The first-order valence-corrected chi connectivity index (χ1v) is 6.32. The van der Waals surface area contributed by atoms with Gasteiger partial charge in [-0.15, -0.1) is 0 Å². The molecule has 0 aliphatic carbocycles. The Kier molecular flexibility index (Phi) is 3.15. The molecule has 1 unspecified atom stereocenters. The Hall–Kier alpha value is -1.06. The summed E-state index contributed by atoms with van der Waals surface area (Å²) in [6.07, 6.45) is 0.851. The number of hydrogen-bond donors (Lipinski definition) is 1. The lowest BCUT2D eigenvalue weighted by Gasteiger charge is -2.23. The second-order valence-electron chi connectivity index (χ2n) is 4.58. The van der Waals surface area contributed by atoms with Gasteiger partial charge in [0.05, 0.1) is 16.6 Å². The number of halogens is 1. The van der Waals surface area contributed by atoms with E-state index in [0.29, 0.717) is 5.02 Å². The molecule has 92 valence electrons. The van der Waals surface area contributed by atoms with Crippen LogP contribution in [-0.4, -0.2) is 9.55 Å². The van der Waals surface area contributed by atoms with Gasteiger partial charge in [0.1, 0.15) is 5.82 Å². The number of hydrogen-bond acceptors (Lipinski definition) is 2. The molecule has 0 spiro atoms. The highest BCUT2D eigenvalue weighted by molar-refractivity contribution is 6.31. The molecule has 1 atom stereocenters. The molecule has 2 aromatic rings. The van der Waals surface area contributed by atoms with Gasteiger partial charge in [-0.1, -0.05) is 18.5 Å². The van der Waals surface area contributed by atoms with Gasteiger partial charge in [0.25, 0.3) is 0 Å². The molecule has 1 aromatic carbocycles. The molecule has 0 amide bonds. The molecule has 0 saturated heterocycles. The predicted molar refractivity (Wildman–Crippen MR) is 72.2 cm³/mol. The number of aryl methyl sites for hydroxylation is 1. The largest absolute Gasteiger partial charge is 0.327 e. The van der Waals surface area contributed by atoms with Crippen molar-refractivity contribution in [3.63, 3.8) is 0 Å². The molecule has 4 heteroatoms. The second kappa shape index (κ2) is 4.31. The summed E-state index contributed by atoms with van der Waals surface area (Å²) in [5.41, 5.74) is 7.91. The minimum Gasteiger partial charge on any atom is -0.327 e. The zero-order valence-corrected chi connectivity index (χ0v) is 11.3. The van der Waals surface area contributed by atoms with Crippen LogP contribution in [0.25, 0.3) is 11.0 Å². The zero-order valence-electron chi connectivity index (χ0n) is 10.5. The third kappa shape index (κ3) is 2.05. The van der Waals surface area contributed by atoms with Crippen LogP contribution in [0, 0.1) is 0 Å². The fourth-order valence-electron chi connectivity index (χ4n) is 2.02. The standard InChI is InChI=1S/C13H18ClN3/c1-4-13(3,15)12-16-10-8-9(14)6-7-11(10)17(12)5-2/h6-8H,4-5,15H2,1-3H3. The summed E-state index contributed by atoms with van der Waals surface area (Å²) in [5.74, 6) is 0.930. The molecule has 2 rings (SSSR count). The zero-order chi connectivity index (χ0) is 12.6. The summed E-state index contributed by atoms with van der Waals surface area (Å²) < 4.78 is 2.16. The van der Waals surface area contributed by atoms with E-state index in [1.54, 1.807) is 0 Å². The number of fused-ring (bicyclic) bond motifs is 1. The highest BCUT2D eigenvalue weighted by atomic mass is 35.5. The molecule has 0 bridgehead atoms. The fraction of sp³-hybridized carbons (Fsp3) is 0.462. The van der Waals surface area contributed by atoms with E-state index in [4.69, 9.17) is 17.3 Å². The molecule has 0 aliphatic heterocycles. The van der Waals surface area contributed by atoms with Crippen LogP contribution >= 0.6 is 11.6 Å².